The van der Waals surface area contributed by atoms with E-state index in [1.807, 2.05) is 0 Å². The third kappa shape index (κ3) is 1.85. The van der Waals surface area contributed by atoms with Gasteiger partial charge in [0.1, 0.15) is 11.5 Å². The van der Waals surface area contributed by atoms with Gasteiger partial charge in [0.2, 0.25) is 0 Å². The normalized spacial score (nSPS) is 29.1. The van der Waals surface area contributed by atoms with E-state index < -0.39 is 11.4 Å². The summed E-state index contributed by atoms with van der Waals surface area (Å²) in [5.41, 5.74) is 3.28. The van der Waals surface area contributed by atoms with Gasteiger partial charge in [0.25, 0.3) is 0 Å². The first-order valence-electron chi connectivity index (χ1n) is 4.68. The summed E-state index contributed by atoms with van der Waals surface area (Å²) in [6, 6.07) is 1.45. The SMILES string of the molecule is Nc1ccn(C[C@@]2(F)C[C@@H]2CO)c(=O)n1. The van der Waals surface area contributed by atoms with Crippen LogP contribution in [0, 0.1) is 5.92 Å². The first-order chi connectivity index (χ1) is 7.05. The van der Waals surface area contributed by atoms with E-state index in [9.17, 15) is 9.18 Å². The Morgan fingerprint density at radius 1 is 1.80 bits per heavy atom. The van der Waals surface area contributed by atoms with Crippen LogP contribution in [0.5, 0.6) is 0 Å². The largest absolute Gasteiger partial charge is 0.396 e. The maximum absolute atomic E-state index is 13.8. The topological polar surface area (TPSA) is 81.1 Å². The zero-order chi connectivity index (χ0) is 11.1. The molecule has 2 rings (SSSR count). The van der Waals surface area contributed by atoms with E-state index in [1.165, 1.54) is 16.8 Å². The molecule has 0 amide bonds. The lowest BCUT2D eigenvalue weighted by atomic mass is 10.3. The van der Waals surface area contributed by atoms with Crippen molar-refractivity contribution in [3.63, 3.8) is 0 Å². The highest BCUT2D eigenvalue weighted by Gasteiger charge is 2.55. The Hall–Kier alpha value is -1.43. The molecule has 1 aromatic heterocycles. The minimum atomic E-state index is -1.46. The van der Waals surface area contributed by atoms with Crippen molar-refractivity contribution in [1.29, 1.82) is 0 Å². The van der Waals surface area contributed by atoms with Gasteiger partial charge in [-0.1, -0.05) is 0 Å². The van der Waals surface area contributed by atoms with Crippen LogP contribution in [0.2, 0.25) is 0 Å². The molecule has 0 unspecified atom stereocenters. The number of rotatable bonds is 3. The Balaban J connectivity index is 2.16. The van der Waals surface area contributed by atoms with Gasteiger partial charge in [-0.3, -0.25) is 4.57 Å². The molecule has 1 fully saturated rings. The molecule has 1 aliphatic carbocycles. The molecule has 1 aliphatic rings. The van der Waals surface area contributed by atoms with Crippen molar-refractivity contribution in [3.8, 4) is 0 Å². The molecule has 3 N–H and O–H groups in total. The molecule has 1 heterocycles. The lowest BCUT2D eigenvalue weighted by molar-refractivity contribution is 0.192. The summed E-state index contributed by atoms with van der Waals surface area (Å²) >= 11 is 0. The third-order valence-corrected chi connectivity index (χ3v) is 2.71. The van der Waals surface area contributed by atoms with Gasteiger partial charge in [-0.2, -0.15) is 4.98 Å². The van der Waals surface area contributed by atoms with Crippen LogP contribution >= 0.6 is 0 Å². The molecule has 0 saturated heterocycles. The number of nitrogen functional groups attached to an aromatic ring is 1. The number of halogens is 1. The predicted molar refractivity (Wildman–Crippen MR) is 51.9 cm³/mol. The number of nitrogens with zero attached hydrogens (tertiary/aromatic N) is 2. The maximum atomic E-state index is 13.8. The second-order valence-corrected chi connectivity index (χ2v) is 3.88. The van der Waals surface area contributed by atoms with Crippen molar-refractivity contribution in [2.45, 2.75) is 18.6 Å². The molecular weight excluding hydrogens is 201 g/mol. The Morgan fingerprint density at radius 2 is 2.53 bits per heavy atom. The van der Waals surface area contributed by atoms with Crippen LogP contribution in [-0.2, 0) is 6.54 Å². The van der Waals surface area contributed by atoms with Crippen molar-refractivity contribution in [1.82, 2.24) is 9.55 Å². The Morgan fingerprint density at radius 3 is 3.07 bits per heavy atom. The summed E-state index contributed by atoms with van der Waals surface area (Å²) in [4.78, 5) is 14.8. The number of aliphatic hydroxyl groups is 1. The fourth-order valence-electron chi connectivity index (χ4n) is 1.62. The van der Waals surface area contributed by atoms with Crippen LogP contribution in [-0.4, -0.2) is 26.9 Å². The number of nitrogens with two attached hydrogens (primary N) is 1. The molecule has 0 bridgehead atoms. The van der Waals surface area contributed by atoms with Gasteiger partial charge in [0.15, 0.2) is 0 Å². The summed E-state index contributed by atoms with van der Waals surface area (Å²) in [7, 11) is 0. The lowest BCUT2D eigenvalue weighted by Crippen LogP contribution is -2.28. The molecule has 1 saturated carbocycles. The van der Waals surface area contributed by atoms with E-state index in [0.717, 1.165) is 0 Å². The standard InChI is InChI=1S/C9H12FN3O2/c10-9(3-6(9)4-14)5-13-2-1-7(11)12-8(13)15/h1-2,6,14H,3-5H2,(H2,11,12,15)/t6-,9+/m1/s1. The minimum Gasteiger partial charge on any atom is -0.396 e. The van der Waals surface area contributed by atoms with Gasteiger partial charge in [-0.25, -0.2) is 9.18 Å². The number of aromatic nitrogens is 2. The highest BCUT2D eigenvalue weighted by atomic mass is 19.1. The van der Waals surface area contributed by atoms with E-state index in [1.54, 1.807) is 0 Å². The van der Waals surface area contributed by atoms with Crippen LogP contribution in [0.3, 0.4) is 0 Å². The predicted octanol–water partition coefficient (Wildman–Crippen LogP) is -0.454. The lowest BCUT2D eigenvalue weighted by Gasteiger charge is -2.09. The van der Waals surface area contributed by atoms with Crippen LogP contribution < -0.4 is 11.4 Å². The Bertz CT molecular complexity index is 434. The van der Waals surface area contributed by atoms with E-state index in [4.69, 9.17) is 10.8 Å². The smallest absolute Gasteiger partial charge is 0.349 e. The van der Waals surface area contributed by atoms with Gasteiger partial charge >= 0.3 is 5.69 Å². The second-order valence-electron chi connectivity index (χ2n) is 3.88. The summed E-state index contributed by atoms with van der Waals surface area (Å²) in [5, 5.41) is 8.77. The van der Waals surface area contributed by atoms with Crippen LogP contribution in [0.25, 0.3) is 0 Å². The third-order valence-electron chi connectivity index (χ3n) is 2.71. The zero-order valence-corrected chi connectivity index (χ0v) is 8.06. The number of alkyl halides is 1. The molecule has 82 valence electrons. The minimum absolute atomic E-state index is 0.0651. The van der Waals surface area contributed by atoms with Crippen molar-refractivity contribution in [3.05, 3.63) is 22.7 Å². The van der Waals surface area contributed by atoms with Crippen LogP contribution in [0.4, 0.5) is 10.2 Å². The number of anilines is 1. The molecule has 1 aromatic rings. The van der Waals surface area contributed by atoms with Crippen LogP contribution in [0.15, 0.2) is 17.1 Å². The molecule has 6 heteroatoms. The number of aliphatic hydroxyl groups excluding tert-OH is 1. The van der Waals surface area contributed by atoms with E-state index in [0.29, 0.717) is 6.42 Å². The van der Waals surface area contributed by atoms with E-state index in [-0.39, 0.29) is 24.9 Å². The van der Waals surface area contributed by atoms with E-state index >= 15 is 0 Å². The summed E-state index contributed by atoms with van der Waals surface area (Å²) in [6.07, 6.45) is 1.71. The van der Waals surface area contributed by atoms with Gasteiger partial charge < -0.3 is 10.8 Å². The second kappa shape index (κ2) is 3.30. The average molecular weight is 213 g/mol. The Labute approximate surface area is 85.4 Å². The monoisotopic (exact) mass is 213 g/mol. The summed E-state index contributed by atoms with van der Waals surface area (Å²) in [5.74, 6) is -0.236. The quantitative estimate of drug-likeness (QED) is 0.712. The van der Waals surface area contributed by atoms with Gasteiger partial charge in [-0.05, 0) is 12.5 Å². The Kier molecular flexibility index (Phi) is 2.22. The summed E-state index contributed by atoms with van der Waals surface area (Å²) < 4.78 is 14.9. The molecule has 15 heavy (non-hydrogen) atoms. The first kappa shape index (κ1) is 10.1. The fourth-order valence-corrected chi connectivity index (χ4v) is 1.62. The van der Waals surface area contributed by atoms with Gasteiger partial charge in [0, 0.05) is 18.7 Å². The van der Waals surface area contributed by atoms with Crippen LogP contribution in [0.1, 0.15) is 6.42 Å². The molecule has 5 nitrogen and oxygen atoms in total. The first-order valence-corrected chi connectivity index (χ1v) is 4.68. The van der Waals surface area contributed by atoms with Gasteiger partial charge in [-0.15, -0.1) is 0 Å². The van der Waals surface area contributed by atoms with Crippen molar-refractivity contribution in [2.75, 3.05) is 12.3 Å². The van der Waals surface area contributed by atoms with E-state index in [2.05, 4.69) is 4.98 Å². The van der Waals surface area contributed by atoms with Crippen molar-refractivity contribution >= 4 is 5.82 Å². The molecule has 2 atom stereocenters. The summed E-state index contributed by atoms with van der Waals surface area (Å²) in [6.45, 7) is -0.252. The zero-order valence-electron chi connectivity index (χ0n) is 8.06. The molecule has 0 aliphatic heterocycles. The fraction of sp³-hybridized carbons (Fsp3) is 0.556. The van der Waals surface area contributed by atoms with Crippen molar-refractivity contribution < 1.29 is 9.50 Å². The molecular formula is C9H12FN3O2. The highest BCUT2D eigenvalue weighted by molar-refractivity contribution is 5.23. The number of hydrogen-bond acceptors (Lipinski definition) is 4. The molecule has 0 aromatic carbocycles. The molecule has 0 radical (unpaired) electrons. The van der Waals surface area contributed by atoms with Crippen molar-refractivity contribution in [2.24, 2.45) is 5.92 Å². The molecule has 0 spiro atoms. The highest BCUT2D eigenvalue weighted by Crippen LogP contribution is 2.47. The average Bonchev–Trinajstić information content (AvgIpc) is 2.82. The number of hydrogen-bond donors (Lipinski definition) is 2. The van der Waals surface area contributed by atoms with Gasteiger partial charge in [0.05, 0.1) is 6.54 Å². The maximum Gasteiger partial charge on any atom is 0.349 e.